The first-order valence-corrected chi connectivity index (χ1v) is 10.5. The maximum atomic E-state index is 14.5. The van der Waals surface area contributed by atoms with E-state index in [-0.39, 0.29) is 29.0 Å². The Morgan fingerprint density at radius 2 is 1.69 bits per heavy atom. The molecule has 0 N–H and O–H groups in total. The van der Waals surface area contributed by atoms with Crippen molar-refractivity contribution in [2.24, 2.45) is 5.92 Å². The molecule has 0 bridgehead atoms. The molecule has 3 rings (SSSR count). The van der Waals surface area contributed by atoms with E-state index < -0.39 is 11.6 Å². The van der Waals surface area contributed by atoms with Crippen LogP contribution >= 0.6 is 0 Å². The molecule has 1 fully saturated rings. The number of aryl methyl sites for hydroxylation is 1. The molecule has 0 unspecified atom stereocenters. The van der Waals surface area contributed by atoms with Crippen LogP contribution < -0.4 is 9.47 Å². The Morgan fingerprint density at radius 3 is 2.38 bits per heavy atom. The van der Waals surface area contributed by atoms with Crippen molar-refractivity contribution in [1.29, 1.82) is 0 Å². The maximum Gasteiger partial charge on any atom is 0.200 e. The van der Waals surface area contributed by atoms with Gasteiger partial charge in [0.25, 0.3) is 0 Å². The van der Waals surface area contributed by atoms with E-state index in [2.05, 4.69) is 6.92 Å². The van der Waals surface area contributed by atoms with Crippen molar-refractivity contribution in [3.63, 3.8) is 0 Å². The molecule has 2 aromatic carbocycles. The third-order valence-electron chi connectivity index (χ3n) is 5.74. The molecule has 1 aliphatic rings. The number of rotatable bonds is 8. The summed E-state index contributed by atoms with van der Waals surface area (Å²) in [6.45, 7) is 4.56. The predicted molar refractivity (Wildman–Crippen MR) is 108 cm³/mol. The summed E-state index contributed by atoms with van der Waals surface area (Å²) in [6.07, 6.45) is 5.44. The Balaban J connectivity index is 1.51. The van der Waals surface area contributed by atoms with Crippen molar-refractivity contribution in [3.8, 4) is 11.5 Å². The highest BCUT2D eigenvalue weighted by molar-refractivity contribution is 5.32. The number of ether oxygens (including phenoxy) is 2. The van der Waals surface area contributed by atoms with Crippen LogP contribution in [-0.2, 0) is 0 Å². The van der Waals surface area contributed by atoms with Crippen LogP contribution in [0.3, 0.4) is 0 Å². The molecule has 0 aliphatic heterocycles. The Bertz CT molecular complexity index is 814. The summed E-state index contributed by atoms with van der Waals surface area (Å²) in [5.74, 6) is -1.03. The first-order chi connectivity index (χ1) is 14.0. The fourth-order valence-corrected chi connectivity index (χ4v) is 3.85. The average Bonchev–Trinajstić information content (AvgIpc) is 2.72. The van der Waals surface area contributed by atoms with E-state index in [0.717, 1.165) is 44.1 Å². The Kier molecular flexibility index (Phi) is 7.45. The Hall–Kier alpha value is -2.17. The smallest absolute Gasteiger partial charge is 0.200 e. The van der Waals surface area contributed by atoms with E-state index in [1.807, 2.05) is 12.1 Å². The van der Waals surface area contributed by atoms with Gasteiger partial charge in [0, 0.05) is 6.07 Å². The quantitative estimate of drug-likeness (QED) is 0.442. The number of hydrogen-bond donors (Lipinski definition) is 0. The van der Waals surface area contributed by atoms with Crippen LogP contribution in [0.25, 0.3) is 0 Å². The van der Waals surface area contributed by atoms with E-state index in [0.29, 0.717) is 19.0 Å². The number of halogens is 3. The molecule has 2 aromatic rings. The van der Waals surface area contributed by atoms with Gasteiger partial charge in [0.15, 0.2) is 11.6 Å². The van der Waals surface area contributed by atoms with Crippen molar-refractivity contribution >= 4 is 0 Å². The van der Waals surface area contributed by atoms with Gasteiger partial charge in [0.1, 0.15) is 11.6 Å². The van der Waals surface area contributed by atoms with Gasteiger partial charge in [-0.25, -0.2) is 8.78 Å². The molecule has 2 nitrogen and oxygen atoms in total. The highest BCUT2D eigenvalue weighted by Crippen LogP contribution is 2.38. The molecule has 1 saturated carbocycles. The van der Waals surface area contributed by atoms with Crippen LogP contribution in [0.15, 0.2) is 30.3 Å². The highest BCUT2D eigenvalue weighted by atomic mass is 19.2. The topological polar surface area (TPSA) is 18.5 Å². The van der Waals surface area contributed by atoms with Gasteiger partial charge in [0.05, 0.1) is 13.2 Å². The van der Waals surface area contributed by atoms with Gasteiger partial charge >= 0.3 is 0 Å². The predicted octanol–water partition coefficient (Wildman–Crippen LogP) is 6.94. The van der Waals surface area contributed by atoms with Gasteiger partial charge in [-0.05, 0) is 74.1 Å². The van der Waals surface area contributed by atoms with Crippen LogP contribution in [-0.4, -0.2) is 13.2 Å². The van der Waals surface area contributed by atoms with Gasteiger partial charge in [-0.15, -0.1) is 0 Å². The van der Waals surface area contributed by atoms with E-state index in [4.69, 9.17) is 9.47 Å². The first kappa shape index (κ1) is 21.5. The fraction of sp³-hybridized carbons (Fsp3) is 0.500. The third-order valence-corrected chi connectivity index (χ3v) is 5.74. The minimum Gasteiger partial charge on any atom is -0.493 e. The summed E-state index contributed by atoms with van der Waals surface area (Å²) in [5, 5.41) is 0. The summed E-state index contributed by atoms with van der Waals surface area (Å²) in [6, 6.07) is 8.15. The molecular weight excluding hydrogens is 377 g/mol. The minimum absolute atomic E-state index is 0.0417. The van der Waals surface area contributed by atoms with Crippen LogP contribution in [0.5, 0.6) is 11.5 Å². The lowest BCUT2D eigenvalue weighted by molar-refractivity contribution is 0.192. The van der Waals surface area contributed by atoms with Gasteiger partial charge in [-0.3, -0.25) is 0 Å². The molecule has 158 valence electrons. The lowest BCUT2D eigenvalue weighted by Gasteiger charge is -2.29. The number of hydrogen-bond acceptors (Lipinski definition) is 2. The molecule has 5 heteroatoms. The molecular formula is C24H29F3O2. The normalized spacial score (nSPS) is 19.2. The molecule has 0 spiro atoms. The number of unbranched alkanes of at least 4 members (excludes halogenated alkanes) is 1. The second-order valence-electron chi connectivity index (χ2n) is 7.92. The number of benzene rings is 2. The van der Waals surface area contributed by atoms with Gasteiger partial charge < -0.3 is 9.47 Å². The molecule has 29 heavy (non-hydrogen) atoms. The van der Waals surface area contributed by atoms with Gasteiger partial charge in [-0.1, -0.05) is 25.5 Å². The third kappa shape index (κ3) is 5.46. The maximum absolute atomic E-state index is 14.5. The molecule has 0 aromatic heterocycles. The summed E-state index contributed by atoms with van der Waals surface area (Å²) in [7, 11) is 0. The lowest BCUT2D eigenvalue weighted by Crippen LogP contribution is -2.20. The van der Waals surface area contributed by atoms with Crippen LogP contribution in [0.1, 0.15) is 62.5 Å². The van der Waals surface area contributed by atoms with Crippen LogP contribution in [0, 0.1) is 30.3 Å². The zero-order chi connectivity index (χ0) is 20.8. The first-order valence-electron chi connectivity index (χ1n) is 10.5. The minimum atomic E-state index is -0.929. The molecule has 1 aliphatic carbocycles. The molecule has 0 amide bonds. The zero-order valence-corrected chi connectivity index (χ0v) is 17.1. The highest BCUT2D eigenvalue weighted by Gasteiger charge is 2.25. The standard InChI is InChI=1S/C24H29F3O2/c1-3-4-13-28-19-10-11-20(21(25)14-19)18-8-6-17(7-9-18)15-29-22-12-5-16(2)23(26)24(22)27/h5,10-12,14,17-18H,3-4,6-9,13,15H2,1-2H3. The summed E-state index contributed by atoms with van der Waals surface area (Å²) in [5.41, 5.74) is 0.998. The average molecular weight is 406 g/mol. The van der Waals surface area contributed by atoms with Gasteiger partial charge in [-0.2, -0.15) is 4.39 Å². The largest absolute Gasteiger partial charge is 0.493 e. The lowest BCUT2D eigenvalue weighted by atomic mass is 9.79. The van der Waals surface area contributed by atoms with E-state index in [1.165, 1.54) is 25.1 Å². The Labute approximate surface area is 171 Å². The van der Waals surface area contributed by atoms with E-state index in [1.54, 1.807) is 0 Å². The summed E-state index contributed by atoms with van der Waals surface area (Å²) in [4.78, 5) is 0. The van der Waals surface area contributed by atoms with Crippen molar-refractivity contribution < 1.29 is 22.6 Å². The molecule has 0 heterocycles. The molecule has 0 saturated heterocycles. The second-order valence-corrected chi connectivity index (χ2v) is 7.92. The zero-order valence-electron chi connectivity index (χ0n) is 17.1. The van der Waals surface area contributed by atoms with Gasteiger partial charge in [0.2, 0.25) is 5.82 Å². The SMILES string of the molecule is CCCCOc1ccc(C2CCC(COc3ccc(C)c(F)c3F)CC2)c(F)c1. The molecule has 0 radical (unpaired) electrons. The summed E-state index contributed by atoms with van der Waals surface area (Å²) < 4.78 is 53.2. The monoisotopic (exact) mass is 406 g/mol. The van der Waals surface area contributed by atoms with Crippen LogP contribution in [0.2, 0.25) is 0 Å². The van der Waals surface area contributed by atoms with Crippen LogP contribution in [0.4, 0.5) is 13.2 Å². The second kappa shape index (κ2) is 10.0. The van der Waals surface area contributed by atoms with E-state index in [9.17, 15) is 13.2 Å². The Morgan fingerprint density at radius 1 is 0.931 bits per heavy atom. The molecule has 0 atom stereocenters. The summed E-state index contributed by atoms with van der Waals surface area (Å²) >= 11 is 0. The van der Waals surface area contributed by atoms with E-state index >= 15 is 0 Å². The van der Waals surface area contributed by atoms with Crippen molar-refractivity contribution in [2.75, 3.05) is 13.2 Å². The van der Waals surface area contributed by atoms with Crippen molar-refractivity contribution in [2.45, 2.75) is 58.3 Å². The van der Waals surface area contributed by atoms with Crippen molar-refractivity contribution in [1.82, 2.24) is 0 Å². The fourth-order valence-electron chi connectivity index (χ4n) is 3.85. The van der Waals surface area contributed by atoms with Crippen molar-refractivity contribution in [3.05, 3.63) is 58.9 Å².